The van der Waals surface area contributed by atoms with E-state index >= 15 is 0 Å². The smallest absolute Gasteiger partial charge is 0.204 e. The number of benzene rings is 1. The van der Waals surface area contributed by atoms with Gasteiger partial charge in [-0.15, -0.1) is 12.6 Å². The Morgan fingerprint density at radius 3 is 2.17 bits per heavy atom. The van der Waals surface area contributed by atoms with E-state index in [0.29, 0.717) is 16.4 Å². The van der Waals surface area contributed by atoms with Crippen molar-refractivity contribution in [3.8, 4) is 17.2 Å². The van der Waals surface area contributed by atoms with Crippen LogP contribution in [-0.4, -0.2) is 19.3 Å². The highest BCUT2D eigenvalue weighted by Gasteiger charge is 2.11. The van der Waals surface area contributed by atoms with Gasteiger partial charge in [-0.2, -0.15) is 0 Å². The first-order valence-corrected chi connectivity index (χ1v) is 3.78. The maximum Gasteiger partial charge on any atom is 0.204 e. The maximum absolute atomic E-state index is 9.31. The highest BCUT2D eigenvalue weighted by atomic mass is 32.1. The van der Waals surface area contributed by atoms with Crippen LogP contribution in [0.2, 0.25) is 0 Å². The third-order valence-electron chi connectivity index (χ3n) is 1.48. The Bertz CT molecular complexity index is 257. The molecule has 1 rings (SSSR count). The number of hydrogen-bond acceptors (Lipinski definition) is 4. The molecule has 0 saturated heterocycles. The Labute approximate surface area is 76.3 Å². The highest BCUT2D eigenvalue weighted by Crippen LogP contribution is 2.40. The molecule has 0 saturated carbocycles. The van der Waals surface area contributed by atoms with Gasteiger partial charge in [0, 0.05) is 0 Å². The minimum atomic E-state index is 0.0483. The first kappa shape index (κ1) is 9.06. The summed E-state index contributed by atoms with van der Waals surface area (Å²) in [6, 6.07) is 3.14. The molecule has 0 unspecified atom stereocenters. The average molecular weight is 186 g/mol. The van der Waals surface area contributed by atoms with E-state index in [0.717, 1.165) is 0 Å². The monoisotopic (exact) mass is 186 g/mol. The predicted molar refractivity (Wildman–Crippen MR) is 48.5 cm³/mol. The number of methoxy groups -OCH3 is 2. The van der Waals surface area contributed by atoms with Crippen molar-refractivity contribution >= 4 is 12.6 Å². The van der Waals surface area contributed by atoms with Crippen molar-refractivity contribution in [2.24, 2.45) is 0 Å². The fourth-order valence-electron chi connectivity index (χ4n) is 0.936. The molecule has 0 amide bonds. The van der Waals surface area contributed by atoms with Crippen LogP contribution >= 0.6 is 12.6 Å². The SMILES string of the molecule is COc1c(O)ccc(S)c1OC. The quantitative estimate of drug-likeness (QED) is 0.690. The average Bonchev–Trinajstić information content (AvgIpc) is 2.08. The molecule has 0 spiro atoms. The summed E-state index contributed by atoms with van der Waals surface area (Å²) >= 11 is 4.13. The summed E-state index contributed by atoms with van der Waals surface area (Å²) < 4.78 is 9.91. The third kappa shape index (κ3) is 1.43. The Balaban J connectivity index is 3.28. The van der Waals surface area contributed by atoms with Crippen molar-refractivity contribution < 1.29 is 14.6 Å². The summed E-state index contributed by atoms with van der Waals surface area (Å²) in [6.07, 6.45) is 0. The summed E-state index contributed by atoms with van der Waals surface area (Å²) in [4.78, 5) is 0.632. The van der Waals surface area contributed by atoms with Crippen molar-refractivity contribution in [1.29, 1.82) is 0 Å². The second-order valence-corrected chi connectivity index (χ2v) is 2.65. The number of phenolic OH excluding ortho intramolecular Hbond substituents is 1. The zero-order valence-corrected chi connectivity index (χ0v) is 7.76. The van der Waals surface area contributed by atoms with Crippen LogP contribution in [-0.2, 0) is 0 Å². The molecular weight excluding hydrogens is 176 g/mol. The number of thiol groups is 1. The number of rotatable bonds is 2. The summed E-state index contributed by atoms with van der Waals surface area (Å²) in [5.41, 5.74) is 0. The van der Waals surface area contributed by atoms with E-state index in [1.807, 2.05) is 0 Å². The van der Waals surface area contributed by atoms with Gasteiger partial charge in [-0.1, -0.05) is 0 Å². The lowest BCUT2D eigenvalue weighted by Gasteiger charge is -2.10. The van der Waals surface area contributed by atoms with E-state index in [4.69, 9.17) is 9.47 Å². The molecule has 0 aliphatic rings. The normalized spacial score (nSPS) is 9.58. The lowest BCUT2D eigenvalue weighted by Crippen LogP contribution is -1.91. The van der Waals surface area contributed by atoms with Crippen LogP contribution in [0, 0.1) is 0 Å². The Hall–Kier alpha value is -1.03. The van der Waals surface area contributed by atoms with Gasteiger partial charge in [-0.3, -0.25) is 0 Å². The zero-order chi connectivity index (χ0) is 9.14. The van der Waals surface area contributed by atoms with E-state index in [2.05, 4.69) is 12.6 Å². The van der Waals surface area contributed by atoms with Gasteiger partial charge in [0.25, 0.3) is 0 Å². The number of ether oxygens (including phenoxy) is 2. The summed E-state index contributed by atoms with van der Waals surface area (Å²) in [5.74, 6) is 0.804. The Morgan fingerprint density at radius 1 is 1.17 bits per heavy atom. The fraction of sp³-hybridized carbons (Fsp3) is 0.250. The minimum Gasteiger partial charge on any atom is -0.504 e. The molecule has 1 aromatic rings. The summed E-state index contributed by atoms with van der Waals surface area (Å²) in [5, 5.41) is 9.31. The van der Waals surface area contributed by atoms with Crippen molar-refractivity contribution in [1.82, 2.24) is 0 Å². The Morgan fingerprint density at radius 2 is 1.75 bits per heavy atom. The Kier molecular flexibility index (Phi) is 2.70. The van der Waals surface area contributed by atoms with Crippen LogP contribution < -0.4 is 9.47 Å². The van der Waals surface area contributed by atoms with Crippen molar-refractivity contribution in [2.75, 3.05) is 14.2 Å². The fourth-order valence-corrected chi connectivity index (χ4v) is 1.20. The molecule has 66 valence electrons. The van der Waals surface area contributed by atoms with Gasteiger partial charge in [-0.05, 0) is 12.1 Å². The first-order chi connectivity index (χ1) is 5.70. The molecule has 1 N–H and O–H groups in total. The molecule has 0 radical (unpaired) electrons. The van der Waals surface area contributed by atoms with Crippen molar-refractivity contribution in [2.45, 2.75) is 4.90 Å². The predicted octanol–water partition coefficient (Wildman–Crippen LogP) is 1.70. The second-order valence-electron chi connectivity index (χ2n) is 2.17. The lowest BCUT2D eigenvalue weighted by atomic mass is 10.3. The molecule has 0 atom stereocenters. The molecule has 0 aliphatic heterocycles. The third-order valence-corrected chi connectivity index (χ3v) is 1.83. The first-order valence-electron chi connectivity index (χ1n) is 3.33. The van der Waals surface area contributed by atoms with Gasteiger partial charge in [0.05, 0.1) is 19.1 Å². The van der Waals surface area contributed by atoms with Gasteiger partial charge < -0.3 is 14.6 Å². The molecule has 0 heterocycles. The molecule has 0 aromatic heterocycles. The second kappa shape index (κ2) is 3.58. The van der Waals surface area contributed by atoms with Crippen LogP contribution in [0.15, 0.2) is 17.0 Å². The van der Waals surface area contributed by atoms with Crippen LogP contribution in [0.4, 0.5) is 0 Å². The molecule has 1 aromatic carbocycles. The van der Waals surface area contributed by atoms with Crippen LogP contribution in [0.5, 0.6) is 17.2 Å². The largest absolute Gasteiger partial charge is 0.504 e. The topological polar surface area (TPSA) is 38.7 Å². The van der Waals surface area contributed by atoms with Gasteiger partial charge in [0.15, 0.2) is 11.5 Å². The maximum atomic E-state index is 9.31. The summed E-state index contributed by atoms with van der Waals surface area (Å²) in [6.45, 7) is 0. The standard InChI is InChI=1S/C8H10O3S/c1-10-7-5(9)3-4-6(12)8(7)11-2/h3-4,9,12H,1-2H3. The minimum absolute atomic E-state index is 0.0483. The van der Waals surface area contributed by atoms with Crippen LogP contribution in [0.25, 0.3) is 0 Å². The molecular formula is C8H10O3S. The zero-order valence-electron chi connectivity index (χ0n) is 6.87. The van der Waals surface area contributed by atoms with Gasteiger partial charge in [0.1, 0.15) is 0 Å². The molecule has 0 fully saturated rings. The molecule has 3 nitrogen and oxygen atoms in total. The van der Waals surface area contributed by atoms with E-state index in [9.17, 15) is 5.11 Å². The summed E-state index contributed by atoms with van der Waals surface area (Å²) in [7, 11) is 2.96. The highest BCUT2D eigenvalue weighted by molar-refractivity contribution is 7.80. The number of phenols is 1. The van der Waals surface area contributed by atoms with Crippen LogP contribution in [0.3, 0.4) is 0 Å². The van der Waals surface area contributed by atoms with E-state index in [-0.39, 0.29) is 5.75 Å². The number of aromatic hydroxyl groups is 1. The van der Waals surface area contributed by atoms with Crippen LogP contribution in [0.1, 0.15) is 0 Å². The molecule has 12 heavy (non-hydrogen) atoms. The molecule has 0 aliphatic carbocycles. The van der Waals surface area contributed by atoms with E-state index < -0.39 is 0 Å². The van der Waals surface area contributed by atoms with Gasteiger partial charge >= 0.3 is 0 Å². The number of hydrogen-bond donors (Lipinski definition) is 2. The van der Waals surface area contributed by atoms with Crippen molar-refractivity contribution in [3.63, 3.8) is 0 Å². The molecule has 4 heteroatoms. The molecule has 0 bridgehead atoms. The lowest BCUT2D eigenvalue weighted by molar-refractivity contribution is 0.327. The van der Waals surface area contributed by atoms with Gasteiger partial charge in [-0.25, -0.2) is 0 Å². The van der Waals surface area contributed by atoms with E-state index in [1.54, 1.807) is 6.07 Å². The van der Waals surface area contributed by atoms with Gasteiger partial charge in [0.2, 0.25) is 5.75 Å². The van der Waals surface area contributed by atoms with Crippen molar-refractivity contribution in [3.05, 3.63) is 12.1 Å². The van der Waals surface area contributed by atoms with E-state index in [1.165, 1.54) is 20.3 Å².